The molecule has 1 aliphatic carbocycles. The molecule has 2 rings (SSSR count). The van der Waals surface area contributed by atoms with Gasteiger partial charge in [0.2, 0.25) is 10.0 Å². The van der Waals surface area contributed by atoms with Crippen molar-refractivity contribution < 1.29 is 8.42 Å². The van der Waals surface area contributed by atoms with Crippen molar-refractivity contribution in [3.05, 3.63) is 18.2 Å². The number of hydrogen-bond donors (Lipinski definition) is 3. The molecule has 0 amide bonds. The summed E-state index contributed by atoms with van der Waals surface area (Å²) in [4.78, 5) is 0.241. The quantitative estimate of drug-likeness (QED) is 0.708. The zero-order valence-electron chi connectivity index (χ0n) is 10.7. The number of rotatable bonds is 5. The number of nitrogen functional groups attached to an aromatic ring is 1. The third-order valence-corrected chi connectivity index (χ3v) is 4.65. The maximum absolute atomic E-state index is 11.9. The monoisotopic (exact) mass is 269 g/mol. The molecule has 6 heteroatoms. The molecule has 5 nitrogen and oxygen atoms in total. The second-order valence-electron chi connectivity index (χ2n) is 4.94. The lowest BCUT2D eigenvalue weighted by Gasteiger charge is -2.16. The summed E-state index contributed by atoms with van der Waals surface area (Å²) in [7, 11) is -3.43. The Morgan fingerprint density at radius 3 is 2.61 bits per heavy atom. The Hall–Kier alpha value is -1.27. The smallest absolute Gasteiger partial charge is 0.240 e. The fourth-order valence-corrected chi connectivity index (χ4v) is 2.79. The van der Waals surface area contributed by atoms with Gasteiger partial charge in [-0.05, 0) is 38.0 Å². The van der Waals surface area contributed by atoms with E-state index in [1.165, 1.54) is 6.07 Å². The van der Waals surface area contributed by atoms with Crippen molar-refractivity contribution in [3.8, 4) is 0 Å². The zero-order chi connectivity index (χ0) is 13.4. The van der Waals surface area contributed by atoms with Crippen LogP contribution in [0.15, 0.2) is 23.1 Å². The standard InChI is InChI=1S/C12H19N3O2S/c1-3-14-18(16,17)9-4-5-10(13)11(8-9)15-12(2)6-7-12/h4-5,8,14-15H,3,6-7,13H2,1-2H3. The lowest BCUT2D eigenvalue weighted by atomic mass is 10.2. The second kappa shape index (κ2) is 4.44. The number of nitrogens with two attached hydrogens (primary N) is 1. The SMILES string of the molecule is CCNS(=O)(=O)c1ccc(N)c(NC2(C)CC2)c1. The van der Waals surface area contributed by atoms with Crippen molar-refractivity contribution >= 4 is 21.4 Å². The third-order valence-electron chi connectivity index (χ3n) is 3.11. The van der Waals surface area contributed by atoms with Crippen molar-refractivity contribution in [2.75, 3.05) is 17.6 Å². The molecule has 0 spiro atoms. The van der Waals surface area contributed by atoms with Crippen molar-refractivity contribution in [1.82, 2.24) is 4.72 Å². The van der Waals surface area contributed by atoms with Crippen molar-refractivity contribution in [3.63, 3.8) is 0 Å². The van der Waals surface area contributed by atoms with E-state index in [4.69, 9.17) is 5.73 Å². The maximum atomic E-state index is 11.9. The predicted octanol–water partition coefficient (Wildman–Crippen LogP) is 1.53. The first-order valence-electron chi connectivity index (χ1n) is 6.04. The van der Waals surface area contributed by atoms with E-state index < -0.39 is 10.0 Å². The Balaban J connectivity index is 2.31. The molecule has 1 fully saturated rings. The highest BCUT2D eigenvalue weighted by atomic mass is 32.2. The normalized spacial score (nSPS) is 17.4. The fourth-order valence-electron chi connectivity index (χ4n) is 1.72. The van der Waals surface area contributed by atoms with Gasteiger partial charge in [0.25, 0.3) is 0 Å². The molecule has 1 aliphatic rings. The number of sulfonamides is 1. The molecule has 1 aromatic carbocycles. The van der Waals surface area contributed by atoms with Crippen LogP contribution in [0.4, 0.5) is 11.4 Å². The molecule has 0 saturated heterocycles. The Morgan fingerprint density at radius 1 is 1.39 bits per heavy atom. The average Bonchev–Trinajstić information content (AvgIpc) is 2.99. The summed E-state index contributed by atoms with van der Waals surface area (Å²) >= 11 is 0. The molecular weight excluding hydrogens is 250 g/mol. The lowest BCUT2D eigenvalue weighted by molar-refractivity contribution is 0.584. The van der Waals surface area contributed by atoms with Crippen LogP contribution in [-0.2, 0) is 10.0 Å². The van der Waals surface area contributed by atoms with Crippen molar-refractivity contribution in [1.29, 1.82) is 0 Å². The van der Waals surface area contributed by atoms with Gasteiger partial charge in [0.05, 0.1) is 16.3 Å². The first kappa shape index (κ1) is 13.2. The Kier molecular flexibility index (Phi) is 3.25. The second-order valence-corrected chi connectivity index (χ2v) is 6.70. The third kappa shape index (κ3) is 2.76. The molecule has 0 heterocycles. The largest absolute Gasteiger partial charge is 0.397 e. The van der Waals surface area contributed by atoms with E-state index in [9.17, 15) is 8.42 Å². The van der Waals surface area contributed by atoms with Crippen LogP contribution in [0.25, 0.3) is 0 Å². The zero-order valence-corrected chi connectivity index (χ0v) is 11.5. The molecule has 0 unspecified atom stereocenters. The fraction of sp³-hybridized carbons (Fsp3) is 0.500. The van der Waals surface area contributed by atoms with E-state index in [-0.39, 0.29) is 10.4 Å². The molecule has 1 saturated carbocycles. The van der Waals surface area contributed by atoms with Gasteiger partial charge in [0, 0.05) is 12.1 Å². The van der Waals surface area contributed by atoms with Gasteiger partial charge in [-0.1, -0.05) is 6.92 Å². The number of benzene rings is 1. The highest BCUT2D eigenvalue weighted by Gasteiger charge is 2.37. The van der Waals surface area contributed by atoms with Crippen molar-refractivity contribution in [2.45, 2.75) is 37.1 Å². The average molecular weight is 269 g/mol. The highest BCUT2D eigenvalue weighted by molar-refractivity contribution is 7.89. The predicted molar refractivity (Wildman–Crippen MR) is 73.0 cm³/mol. The van der Waals surface area contributed by atoms with E-state index in [2.05, 4.69) is 17.0 Å². The summed E-state index contributed by atoms with van der Waals surface area (Å²) < 4.78 is 26.3. The van der Waals surface area contributed by atoms with Gasteiger partial charge in [0.1, 0.15) is 0 Å². The molecule has 18 heavy (non-hydrogen) atoms. The van der Waals surface area contributed by atoms with Gasteiger partial charge in [-0.15, -0.1) is 0 Å². The minimum absolute atomic E-state index is 0.0642. The van der Waals surface area contributed by atoms with E-state index in [1.54, 1.807) is 19.1 Å². The molecule has 0 aliphatic heterocycles. The number of nitrogens with one attached hydrogen (secondary N) is 2. The molecule has 0 radical (unpaired) electrons. The molecule has 1 aromatic rings. The summed E-state index contributed by atoms with van der Waals surface area (Å²) in [5.74, 6) is 0. The summed E-state index contributed by atoms with van der Waals surface area (Å²) in [5.41, 5.74) is 7.19. The molecule has 100 valence electrons. The number of hydrogen-bond acceptors (Lipinski definition) is 4. The topological polar surface area (TPSA) is 84.2 Å². The first-order valence-corrected chi connectivity index (χ1v) is 7.52. The lowest BCUT2D eigenvalue weighted by Crippen LogP contribution is -2.24. The van der Waals surface area contributed by atoms with Gasteiger partial charge in [-0.25, -0.2) is 13.1 Å². The van der Waals surface area contributed by atoms with Gasteiger partial charge < -0.3 is 11.1 Å². The minimum Gasteiger partial charge on any atom is -0.397 e. The van der Waals surface area contributed by atoms with E-state index >= 15 is 0 Å². The van der Waals surface area contributed by atoms with Gasteiger partial charge in [0.15, 0.2) is 0 Å². The molecule has 0 bridgehead atoms. The molecule has 0 aromatic heterocycles. The highest BCUT2D eigenvalue weighted by Crippen LogP contribution is 2.39. The first-order chi connectivity index (χ1) is 8.36. The van der Waals surface area contributed by atoms with Crippen LogP contribution in [0.5, 0.6) is 0 Å². The van der Waals surface area contributed by atoms with Crippen LogP contribution < -0.4 is 15.8 Å². The summed E-state index contributed by atoms with van der Waals surface area (Å²) in [6.45, 7) is 4.21. The summed E-state index contributed by atoms with van der Waals surface area (Å²) in [5, 5.41) is 3.30. The van der Waals surface area contributed by atoms with Crippen LogP contribution in [0.3, 0.4) is 0 Å². The van der Waals surface area contributed by atoms with E-state index in [0.717, 1.165) is 12.8 Å². The van der Waals surface area contributed by atoms with Gasteiger partial charge in [-0.2, -0.15) is 0 Å². The maximum Gasteiger partial charge on any atom is 0.240 e. The Labute approximate surface area is 108 Å². The molecule has 4 N–H and O–H groups in total. The van der Waals surface area contributed by atoms with Crippen LogP contribution >= 0.6 is 0 Å². The molecular formula is C12H19N3O2S. The summed E-state index contributed by atoms with van der Waals surface area (Å²) in [6, 6.07) is 4.74. The van der Waals surface area contributed by atoms with Crippen LogP contribution in [0, 0.1) is 0 Å². The van der Waals surface area contributed by atoms with Crippen LogP contribution in [0.1, 0.15) is 26.7 Å². The van der Waals surface area contributed by atoms with E-state index in [0.29, 0.717) is 17.9 Å². The van der Waals surface area contributed by atoms with Crippen LogP contribution in [0.2, 0.25) is 0 Å². The van der Waals surface area contributed by atoms with Crippen molar-refractivity contribution in [2.24, 2.45) is 0 Å². The van der Waals surface area contributed by atoms with Gasteiger partial charge >= 0.3 is 0 Å². The minimum atomic E-state index is -3.43. The number of anilines is 2. The Bertz CT molecular complexity index is 550. The summed E-state index contributed by atoms with van der Waals surface area (Å²) in [6.07, 6.45) is 2.16. The Morgan fingerprint density at radius 2 is 2.06 bits per heavy atom. The van der Waals surface area contributed by atoms with E-state index in [1.807, 2.05) is 0 Å². The molecule has 0 atom stereocenters. The van der Waals surface area contributed by atoms with Gasteiger partial charge in [-0.3, -0.25) is 0 Å². The van der Waals surface area contributed by atoms with Crippen LogP contribution in [-0.4, -0.2) is 20.5 Å².